The first-order chi connectivity index (χ1) is 9.45. The lowest BCUT2D eigenvalue weighted by Crippen LogP contribution is -2.44. The first kappa shape index (κ1) is 15.2. The van der Waals surface area contributed by atoms with E-state index in [9.17, 15) is 0 Å². The number of nitrogens with one attached hydrogen (secondary N) is 3. The summed E-state index contributed by atoms with van der Waals surface area (Å²) in [6.07, 6.45) is 5.12. The smallest absolute Gasteiger partial charge is 0.0258 e. The lowest BCUT2D eigenvalue weighted by molar-refractivity contribution is 0.161. The first-order valence-electron chi connectivity index (χ1n) is 8.07. The average Bonchev–Trinajstić information content (AvgIpc) is 2.53. The predicted molar refractivity (Wildman–Crippen MR) is 80.2 cm³/mol. The van der Waals surface area contributed by atoms with Crippen molar-refractivity contribution in [2.75, 3.05) is 65.4 Å². The molecular weight excluding hydrogens is 238 g/mol. The van der Waals surface area contributed by atoms with Crippen LogP contribution in [0.4, 0.5) is 0 Å². The van der Waals surface area contributed by atoms with Crippen LogP contribution in [0.2, 0.25) is 0 Å². The largest absolute Gasteiger partial charge is 0.315 e. The van der Waals surface area contributed by atoms with Gasteiger partial charge >= 0.3 is 0 Å². The van der Waals surface area contributed by atoms with E-state index in [2.05, 4.69) is 26.0 Å². The minimum atomic E-state index is 1.09. The molecule has 2 fully saturated rings. The van der Waals surface area contributed by atoms with Crippen molar-refractivity contribution in [1.29, 1.82) is 0 Å². The maximum absolute atomic E-state index is 3.60. The predicted octanol–water partition coefficient (Wildman–Crippen LogP) is -0.138. The van der Waals surface area contributed by atoms with Crippen LogP contribution in [0.3, 0.4) is 0 Å². The van der Waals surface area contributed by atoms with Gasteiger partial charge in [0.15, 0.2) is 0 Å². The van der Waals surface area contributed by atoms with Crippen molar-refractivity contribution >= 4 is 0 Å². The molecule has 2 rings (SSSR count). The van der Waals surface area contributed by atoms with Gasteiger partial charge < -0.3 is 15.5 Å². The summed E-state index contributed by atoms with van der Waals surface area (Å²) >= 11 is 0. The lowest BCUT2D eigenvalue weighted by atomic mass is 10.2. The summed E-state index contributed by atoms with van der Waals surface area (Å²) in [4.78, 5) is 2.64. The zero-order valence-electron chi connectivity index (χ0n) is 12.3. The van der Waals surface area contributed by atoms with Crippen molar-refractivity contribution in [3.63, 3.8) is 0 Å². The summed E-state index contributed by atoms with van der Waals surface area (Å²) < 4.78 is 0. The topological polar surface area (TPSA) is 42.6 Å². The molecule has 0 saturated carbocycles. The second-order valence-electron chi connectivity index (χ2n) is 5.65. The highest BCUT2D eigenvalue weighted by Gasteiger charge is 2.11. The molecule has 0 aromatic heterocycles. The first-order valence-corrected chi connectivity index (χ1v) is 8.07. The quantitative estimate of drug-likeness (QED) is 0.571. The maximum atomic E-state index is 3.60. The minimum absolute atomic E-state index is 1.09. The van der Waals surface area contributed by atoms with Crippen LogP contribution in [0.1, 0.15) is 25.7 Å². The molecule has 2 atom stereocenters. The molecule has 2 bridgehead atoms. The van der Waals surface area contributed by atoms with Gasteiger partial charge in [0, 0.05) is 39.3 Å². The van der Waals surface area contributed by atoms with Crippen molar-refractivity contribution in [1.82, 2.24) is 26.0 Å². The van der Waals surface area contributed by atoms with Crippen LogP contribution >= 0.6 is 0 Å². The van der Waals surface area contributed by atoms with Crippen molar-refractivity contribution in [2.24, 2.45) is 0 Å². The maximum Gasteiger partial charge on any atom is 0.0258 e. The van der Waals surface area contributed by atoms with Crippen LogP contribution in [0.25, 0.3) is 0 Å². The summed E-state index contributed by atoms with van der Waals surface area (Å²) in [5.74, 6) is 0. The molecule has 5 nitrogen and oxygen atoms in total. The molecule has 3 N–H and O–H groups in total. The van der Waals surface area contributed by atoms with Crippen molar-refractivity contribution in [3.05, 3.63) is 0 Å². The van der Waals surface area contributed by atoms with Gasteiger partial charge in [-0.25, -0.2) is 5.01 Å². The Morgan fingerprint density at radius 2 is 1.26 bits per heavy atom. The fourth-order valence-corrected chi connectivity index (χ4v) is 2.81. The molecule has 0 aliphatic carbocycles. The van der Waals surface area contributed by atoms with E-state index in [1.165, 1.54) is 45.3 Å². The number of rotatable bonds is 0. The van der Waals surface area contributed by atoms with E-state index < -0.39 is 0 Å². The molecular formula is C14H31N5. The van der Waals surface area contributed by atoms with Crippen LogP contribution < -0.4 is 16.1 Å². The van der Waals surface area contributed by atoms with Crippen LogP contribution in [0.15, 0.2) is 0 Å². The Hall–Kier alpha value is -0.200. The van der Waals surface area contributed by atoms with Crippen molar-refractivity contribution < 1.29 is 0 Å². The highest BCUT2D eigenvalue weighted by molar-refractivity contribution is 4.67. The third-order valence-electron chi connectivity index (χ3n) is 4.01. The molecule has 2 aliphatic heterocycles. The van der Waals surface area contributed by atoms with Gasteiger partial charge in [-0.05, 0) is 51.9 Å². The summed E-state index contributed by atoms with van der Waals surface area (Å²) in [5.41, 5.74) is 3.60. The van der Waals surface area contributed by atoms with Crippen LogP contribution in [0.5, 0.6) is 0 Å². The van der Waals surface area contributed by atoms with E-state index in [1.807, 2.05) is 0 Å². The molecule has 0 radical (unpaired) electrons. The molecule has 112 valence electrons. The molecule has 0 spiro atoms. The third-order valence-corrected chi connectivity index (χ3v) is 4.01. The van der Waals surface area contributed by atoms with Gasteiger partial charge in [0.2, 0.25) is 0 Å². The van der Waals surface area contributed by atoms with Gasteiger partial charge in [-0.1, -0.05) is 0 Å². The standard InChI is InChI=1S/C14H31N5/c1-2-10-18-11-3-5-15-8-9-16-6-4-12-19(14-13-18)17-7-1/h15-17H,1-14H2. The molecule has 0 aromatic carbocycles. The third kappa shape index (κ3) is 6.68. The lowest BCUT2D eigenvalue weighted by Gasteiger charge is -2.26. The van der Waals surface area contributed by atoms with E-state index in [-0.39, 0.29) is 0 Å². The van der Waals surface area contributed by atoms with E-state index in [0.717, 1.165) is 45.8 Å². The second kappa shape index (κ2) is 9.66. The fourth-order valence-electron chi connectivity index (χ4n) is 2.81. The summed E-state index contributed by atoms with van der Waals surface area (Å²) in [7, 11) is 0. The summed E-state index contributed by atoms with van der Waals surface area (Å²) in [6.45, 7) is 11.7. The van der Waals surface area contributed by atoms with Gasteiger partial charge in [-0.15, -0.1) is 0 Å². The number of nitrogens with zero attached hydrogens (tertiary/aromatic N) is 2. The fraction of sp³-hybridized carbons (Fsp3) is 1.00. The highest BCUT2D eigenvalue weighted by atomic mass is 15.5. The van der Waals surface area contributed by atoms with Gasteiger partial charge in [0.05, 0.1) is 0 Å². The zero-order valence-corrected chi connectivity index (χ0v) is 12.3. The van der Waals surface area contributed by atoms with E-state index in [0.29, 0.717) is 0 Å². The van der Waals surface area contributed by atoms with Crippen molar-refractivity contribution in [2.45, 2.75) is 25.7 Å². The van der Waals surface area contributed by atoms with E-state index >= 15 is 0 Å². The second-order valence-corrected chi connectivity index (χ2v) is 5.65. The molecule has 19 heavy (non-hydrogen) atoms. The Labute approximate surface area is 118 Å². The van der Waals surface area contributed by atoms with Gasteiger partial charge in [0.1, 0.15) is 0 Å². The normalized spacial score (nSPS) is 32.8. The Balaban J connectivity index is 1.82. The summed E-state index contributed by atoms with van der Waals surface area (Å²) in [5, 5.41) is 9.47. The monoisotopic (exact) mass is 269 g/mol. The SMILES string of the molecule is C1CCN2CCCNCCNCCCN(CC2)NC1. The Bertz CT molecular complexity index is 202. The van der Waals surface area contributed by atoms with E-state index in [1.54, 1.807) is 0 Å². The number of hydrazine groups is 1. The molecule has 0 amide bonds. The Morgan fingerprint density at radius 3 is 2.11 bits per heavy atom. The van der Waals surface area contributed by atoms with Gasteiger partial charge in [-0.3, -0.25) is 5.43 Å². The average molecular weight is 269 g/mol. The van der Waals surface area contributed by atoms with Crippen LogP contribution in [0, 0.1) is 0 Å². The van der Waals surface area contributed by atoms with Crippen molar-refractivity contribution in [3.8, 4) is 0 Å². The molecule has 0 aromatic rings. The van der Waals surface area contributed by atoms with Crippen LogP contribution in [-0.4, -0.2) is 75.4 Å². The number of fused-ring (bicyclic) bond motifs is 3. The molecule has 2 heterocycles. The highest BCUT2D eigenvalue weighted by Crippen LogP contribution is 2.01. The molecule has 2 aliphatic rings. The van der Waals surface area contributed by atoms with E-state index in [4.69, 9.17) is 0 Å². The van der Waals surface area contributed by atoms with Gasteiger partial charge in [0.25, 0.3) is 0 Å². The minimum Gasteiger partial charge on any atom is -0.315 e. The molecule has 2 unspecified atom stereocenters. The summed E-state index contributed by atoms with van der Waals surface area (Å²) in [6, 6.07) is 0. The number of hydrogen-bond acceptors (Lipinski definition) is 5. The number of hydrogen-bond donors (Lipinski definition) is 3. The Kier molecular flexibility index (Phi) is 7.73. The van der Waals surface area contributed by atoms with Crippen LogP contribution in [-0.2, 0) is 0 Å². The molecule has 2 saturated heterocycles. The van der Waals surface area contributed by atoms with Gasteiger partial charge in [-0.2, -0.15) is 0 Å². The zero-order chi connectivity index (χ0) is 13.2. The Morgan fingerprint density at radius 1 is 0.526 bits per heavy atom. The molecule has 5 heteroatoms.